The van der Waals surface area contributed by atoms with Crippen LogP contribution in [0.25, 0.3) is 0 Å². The largest absolute Gasteiger partial charge is 0.497 e. The van der Waals surface area contributed by atoms with Gasteiger partial charge in [-0.15, -0.1) is 0 Å². The van der Waals surface area contributed by atoms with Crippen LogP contribution in [-0.2, 0) is 9.59 Å². The average Bonchev–Trinajstić information content (AvgIpc) is 3.11. The summed E-state index contributed by atoms with van der Waals surface area (Å²) >= 11 is 6.26. The minimum absolute atomic E-state index is 0.121. The van der Waals surface area contributed by atoms with Gasteiger partial charge in [-0.25, -0.2) is 4.90 Å². The highest BCUT2D eigenvalue weighted by molar-refractivity contribution is 6.53. The van der Waals surface area contributed by atoms with Gasteiger partial charge in [0.05, 0.1) is 19.9 Å². The highest BCUT2D eigenvalue weighted by Crippen LogP contribution is 2.38. The lowest BCUT2D eigenvalue weighted by atomic mass is 10.1. The van der Waals surface area contributed by atoms with Gasteiger partial charge in [-0.3, -0.25) is 19.2 Å². The van der Waals surface area contributed by atoms with E-state index in [9.17, 15) is 19.2 Å². The molecule has 37 heavy (non-hydrogen) atoms. The van der Waals surface area contributed by atoms with Crippen molar-refractivity contribution in [3.63, 3.8) is 0 Å². The molecule has 0 unspecified atom stereocenters. The van der Waals surface area contributed by atoms with E-state index < -0.39 is 17.7 Å². The third-order valence-electron chi connectivity index (χ3n) is 5.58. The number of ether oxygens (including phenoxy) is 2. The number of carbonyl (C=O) groups is 4. The third kappa shape index (κ3) is 5.17. The summed E-state index contributed by atoms with van der Waals surface area (Å²) in [6, 6.07) is 17.6. The third-order valence-corrected chi connectivity index (χ3v) is 5.93. The first kappa shape index (κ1) is 25.5. The van der Waals surface area contributed by atoms with Crippen molar-refractivity contribution < 1.29 is 28.7 Å². The Balaban J connectivity index is 1.56. The van der Waals surface area contributed by atoms with E-state index in [-0.39, 0.29) is 33.5 Å². The van der Waals surface area contributed by atoms with E-state index in [1.165, 1.54) is 33.3 Å². The zero-order valence-electron chi connectivity index (χ0n) is 20.1. The Labute approximate surface area is 217 Å². The highest BCUT2D eigenvalue weighted by Gasteiger charge is 2.40. The zero-order valence-corrected chi connectivity index (χ0v) is 20.9. The predicted molar refractivity (Wildman–Crippen MR) is 139 cm³/mol. The van der Waals surface area contributed by atoms with Gasteiger partial charge >= 0.3 is 0 Å². The number of hydrogen-bond acceptors (Lipinski definition) is 7. The second kappa shape index (κ2) is 10.5. The molecule has 10 heteroatoms. The molecule has 1 heterocycles. The van der Waals surface area contributed by atoms with E-state index in [0.29, 0.717) is 22.7 Å². The number of halogens is 1. The molecule has 4 rings (SSSR count). The van der Waals surface area contributed by atoms with E-state index in [4.69, 9.17) is 21.1 Å². The number of carbonyl (C=O) groups excluding carboxylic acids is 4. The maximum atomic E-state index is 13.2. The van der Waals surface area contributed by atoms with Crippen LogP contribution < -0.4 is 25.0 Å². The maximum absolute atomic E-state index is 13.2. The van der Waals surface area contributed by atoms with Gasteiger partial charge in [0, 0.05) is 28.6 Å². The summed E-state index contributed by atoms with van der Waals surface area (Å²) in [6.45, 7) is 1.44. The summed E-state index contributed by atoms with van der Waals surface area (Å²) in [5.41, 5.74) is 1.59. The van der Waals surface area contributed by atoms with Crippen LogP contribution in [0.5, 0.6) is 11.5 Å². The molecule has 188 valence electrons. The maximum Gasteiger partial charge on any atom is 0.283 e. The number of hydrogen-bond donors (Lipinski definition) is 2. The van der Waals surface area contributed by atoms with Gasteiger partial charge in [0.15, 0.2) is 5.78 Å². The number of ketones is 1. The van der Waals surface area contributed by atoms with Gasteiger partial charge in [0.25, 0.3) is 17.7 Å². The van der Waals surface area contributed by atoms with Gasteiger partial charge in [0.1, 0.15) is 22.2 Å². The molecule has 0 radical (unpaired) electrons. The van der Waals surface area contributed by atoms with Crippen molar-refractivity contribution in [2.75, 3.05) is 29.8 Å². The minimum Gasteiger partial charge on any atom is -0.497 e. The molecule has 1 aliphatic heterocycles. The van der Waals surface area contributed by atoms with Gasteiger partial charge in [-0.1, -0.05) is 29.8 Å². The zero-order chi connectivity index (χ0) is 26.7. The molecule has 0 fully saturated rings. The van der Waals surface area contributed by atoms with Crippen LogP contribution >= 0.6 is 11.6 Å². The predicted octanol–water partition coefficient (Wildman–Crippen LogP) is 4.59. The van der Waals surface area contributed by atoms with Crippen LogP contribution in [0.1, 0.15) is 27.6 Å². The monoisotopic (exact) mass is 519 g/mol. The molecule has 3 aromatic carbocycles. The van der Waals surface area contributed by atoms with Crippen molar-refractivity contribution in [2.24, 2.45) is 0 Å². The number of amides is 3. The second-order valence-corrected chi connectivity index (χ2v) is 8.35. The lowest BCUT2D eigenvalue weighted by Gasteiger charge is -2.19. The van der Waals surface area contributed by atoms with Crippen molar-refractivity contribution in [3.8, 4) is 11.5 Å². The fourth-order valence-corrected chi connectivity index (χ4v) is 3.92. The summed E-state index contributed by atoms with van der Waals surface area (Å²) in [5.74, 6) is -1.29. The van der Waals surface area contributed by atoms with Gasteiger partial charge in [-0.2, -0.15) is 0 Å². The second-order valence-electron chi connectivity index (χ2n) is 7.97. The molecular formula is C27H22ClN3O6. The Morgan fingerprint density at radius 1 is 0.838 bits per heavy atom. The summed E-state index contributed by atoms with van der Waals surface area (Å²) < 4.78 is 10.5. The Kier molecular flexibility index (Phi) is 7.26. The molecule has 9 nitrogen and oxygen atoms in total. The SMILES string of the molecule is COc1ccc(OC)c(N2C(=O)C(Cl)=C(Nc3cccc(C(=O)Nc4cccc(C(C)=O)c4)c3)C2=O)c1. The number of anilines is 3. The molecule has 0 atom stereocenters. The molecule has 0 spiro atoms. The average molecular weight is 520 g/mol. The van der Waals surface area contributed by atoms with Crippen molar-refractivity contribution in [1.82, 2.24) is 0 Å². The molecular weight excluding hydrogens is 498 g/mol. The number of rotatable bonds is 8. The smallest absolute Gasteiger partial charge is 0.283 e. The first-order valence-corrected chi connectivity index (χ1v) is 11.4. The Morgan fingerprint density at radius 2 is 1.51 bits per heavy atom. The van der Waals surface area contributed by atoms with Crippen LogP contribution in [0, 0.1) is 0 Å². The fourth-order valence-electron chi connectivity index (χ4n) is 3.70. The van der Waals surface area contributed by atoms with Gasteiger partial charge < -0.3 is 20.1 Å². The standard InChI is InChI=1S/C27H22ClN3O6/c1-15(32)16-6-4-9-19(12-16)30-25(33)17-7-5-8-18(13-17)29-24-23(28)26(34)31(27(24)35)21-14-20(36-2)10-11-22(21)37-3/h4-14,29H,1-3H3,(H,30,33). The highest BCUT2D eigenvalue weighted by atomic mass is 35.5. The van der Waals surface area contributed by atoms with Crippen molar-refractivity contribution in [3.05, 3.63) is 88.6 Å². The summed E-state index contributed by atoms with van der Waals surface area (Å²) in [5, 5.41) is 5.28. The summed E-state index contributed by atoms with van der Waals surface area (Å²) in [6.07, 6.45) is 0. The normalized spacial score (nSPS) is 13.0. The number of nitrogens with one attached hydrogen (secondary N) is 2. The lowest BCUT2D eigenvalue weighted by molar-refractivity contribution is -0.120. The molecule has 1 aliphatic rings. The fraction of sp³-hybridized carbons (Fsp3) is 0.111. The van der Waals surface area contributed by atoms with Crippen molar-refractivity contribution in [1.29, 1.82) is 0 Å². The topological polar surface area (TPSA) is 114 Å². The molecule has 0 bridgehead atoms. The Bertz CT molecular complexity index is 1470. The molecule has 3 amide bonds. The number of benzene rings is 3. The van der Waals surface area contributed by atoms with E-state index in [1.54, 1.807) is 54.6 Å². The quantitative estimate of drug-likeness (QED) is 0.330. The number of imide groups is 1. The van der Waals surface area contributed by atoms with Crippen molar-refractivity contribution >= 4 is 52.2 Å². The van der Waals surface area contributed by atoms with E-state index >= 15 is 0 Å². The molecule has 3 aromatic rings. The summed E-state index contributed by atoms with van der Waals surface area (Å²) in [7, 11) is 2.87. The Hall–Kier alpha value is -4.63. The van der Waals surface area contributed by atoms with Crippen LogP contribution in [-0.4, -0.2) is 37.7 Å². The van der Waals surface area contributed by atoms with Gasteiger partial charge in [0.2, 0.25) is 0 Å². The minimum atomic E-state index is -0.736. The van der Waals surface area contributed by atoms with Crippen LogP contribution in [0.3, 0.4) is 0 Å². The first-order valence-electron chi connectivity index (χ1n) is 11.0. The lowest BCUT2D eigenvalue weighted by Crippen LogP contribution is -2.32. The van der Waals surface area contributed by atoms with Crippen LogP contribution in [0.4, 0.5) is 17.1 Å². The van der Waals surface area contributed by atoms with E-state index in [1.807, 2.05) is 0 Å². The summed E-state index contributed by atoms with van der Waals surface area (Å²) in [4.78, 5) is 51.5. The Morgan fingerprint density at radius 3 is 2.19 bits per heavy atom. The van der Waals surface area contributed by atoms with Crippen LogP contribution in [0.2, 0.25) is 0 Å². The first-order chi connectivity index (χ1) is 17.7. The molecule has 0 aromatic heterocycles. The van der Waals surface area contributed by atoms with E-state index in [2.05, 4.69) is 10.6 Å². The van der Waals surface area contributed by atoms with Crippen LogP contribution in [0.15, 0.2) is 77.5 Å². The number of methoxy groups -OCH3 is 2. The van der Waals surface area contributed by atoms with Gasteiger partial charge in [-0.05, 0) is 49.4 Å². The molecule has 2 N–H and O–H groups in total. The van der Waals surface area contributed by atoms with E-state index in [0.717, 1.165) is 4.90 Å². The molecule has 0 aliphatic carbocycles. The van der Waals surface area contributed by atoms with Crippen molar-refractivity contribution in [2.45, 2.75) is 6.92 Å². The number of Topliss-reactive ketones (excluding diaryl/α,β-unsaturated/α-hetero) is 1. The molecule has 0 saturated carbocycles. The number of nitrogens with zero attached hydrogens (tertiary/aromatic N) is 1. The molecule has 0 saturated heterocycles.